The number of ether oxygens (including phenoxy) is 1. The van der Waals surface area contributed by atoms with E-state index >= 15 is 0 Å². The minimum atomic E-state index is -0.400. The highest BCUT2D eigenvalue weighted by Gasteiger charge is 2.09. The van der Waals surface area contributed by atoms with E-state index in [-0.39, 0.29) is 5.91 Å². The van der Waals surface area contributed by atoms with E-state index in [0.29, 0.717) is 27.5 Å². The van der Waals surface area contributed by atoms with Crippen LogP contribution in [-0.2, 0) is 4.74 Å². The molecule has 0 unspecified atom stereocenters. The number of esters is 1. The predicted octanol–water partition coefficient (Wildman–Crippen LogP) is 4.52. The summed E-state index contributed by atoms with van der Waals surface area (Å²) < 4.78 is 4.67. The first kappa shape index (κ1) is 18.4. The second-order valence-corrected chi connectivity index (χ2v) is 6.06. The maximum Gasteiger partial charge on any atom is 0.337 e. The normalized spacial score (nSPS) is 10.1. The van der Waals surface area contributed by atoms with Gasteiger partial charge in [0.1, 0.15) is 0 Å². The lowest BCUT2D eigenvalue weighted by molar-refractivity contribution is 0.0600. The Morgan fingerprint density at radius 3 is 2.41 bits per heavy atom. The molecule has 2 aromatic carbocycles. The van der Waals surface area contributed by atoms with Gasteiger partial charge < -0.3 is 15.4 Å². The number of amides is 1. The summed E-state index contributed by atoms with van der Waals surface area (Å²) in [6.45, 7) is 0. The molecule has 1 amide bonds. The Labute approximate surface area is 161 Å². The molecule has 0 spiro atoms. The number of hydrogen-bond acceptors (Lipinski definition) is 5. The molecule has 0 bridgehead atoms. The minimum absolute atomic E-state index is 0.297. The van der Waals surface area contributed by atoms with Gasteiger partial charge in [-0.2, -0.15) is 0 Å². The van der Waals surface area contributed by atoms with E-state index in [1.807, 2.05) is 0 Å². The Hall–Kier alpha value is -3.38. The third-order valence-electron chi connectivity index (χ3n) is 3.68. The number of carbonyl (C=O) groups is 2. The fourth-order valence-electron chi connectivity index (χ4n) is 2.38. The molecular weight excluding hydrogens is 366 g/mol. The number of methoxy groups -OCH3 is 1. The van der Waals surface area contributed by atoms with Crippen LogP contribution in [0, 0.1) is 0 Å². The number of nitrogens with one attached hydrogen (secondary N) is 2. The van der Waals surface area contributed by atoms with Crippen molar-refractivity contribution >= 4 is 40.5 Å². The fraction of sp³-hybridized carbons (Fsp3) is 0.0500. The molecule has 0 aliphatic carbocycles. The molecule has 2 N–H and O–H groups in total. The first-order valence-corrected chi connectivity index (χ1v) is 8.40. The first-order valence-electron chi connectivity index (χ1n) is 8.02. The Morgan fingerprint density at radius 1 is 0.926 bits per heavy atom. The topological polar surface area (TPSA) is 80.3 Å². The largest absolute Gasteiger partial charge is 0.465 e. The van der Waals surface area contributed by atoms with Gasteiger partial charge >= 0.3 is 5.97 Å². The molecular formula is C20H16ClN3O3. The quantitative estimate of drug-likeness (QED) is 0.635. The van der Waals surface area contributed by atoms with Gasteiger partial charge in [-0.05, 0) is 48.5 Å². The summed E-state index contributed by atoms with van der Waals surface area (Å²) in [5, 5.41) is 6.45. The van der Waals surface area contributed by atoms with Gasteiger partial charge in [0.15, 0.2) is 0 Å². The van der Waals surface area contributed by atoms with E-state index in [4.69, 9.17) is 11.6 Å². The molecule has 3 aromatic rings. The molecule has 0 aliphatic heterocycles. The van der Waals surface area contributed by atoms with E-state index in [9.17, 15) is 9.59 Å². The van der Waals surface area contributed by atoms with E-state index in [1.54, 1.807) is 60.8 Å². The summed E-state index contributed by atoms with van der Waals surface area (Å²) in [6, 6.07) is 15.4. The molecule has 136 valence electrons. The van der Waals surface area contributed by atoms with E-state index in [0.717, 1.165) is 5.69 Å². The average molecular weight is 382 g/mol. The van der Waals surface area contributed by atoms with Crippen molar-refractivity contribution in [2.24, 2.45) is 0 Å². The molecule has 1 heterocycles. The summed E-state index contributed by atoms with van der Waals surface area (Å²) in [7, 11) is 1.33. The van der Waals surface area contributed by atoms with Crippen LogP contribution in [0.15, 0.2) is 67.0 Å². The Balaban J connectivity index is 1.71. The van der Waals surface area contributed by atoms with Crippen LogP contribution in [-0.4, -0.2) is 24.0 Å². The van der Waals surface area contributed by atoms with Gasteiger partial charge in [-0.3, -0.25) is 9.78 Å². The van der Waals surface area contributed by atoms with Crippen LogP contribution in [0.4, 0.5) is 17.1 Å². The van der Waals surface area contributed by atoms with Crippen LogP contribution in [0.1, 0.15) is 20.7 Å². The van der Waals surface area contributed by atoms with Crippen LogP contribution in [0.25, 0.3) is 0 Å². The zero-order chi connectivity index (χ0) is 19.2. The summed E-state index contributed by atoms with van der Waals surface area (Å²) in [6.07, 6.45) is 3.08. The molecule has 3 rings (SSSR count). The second-order valence-electron chi connectivity index (χ2n) is 5.62. The summed E-state index contributed by atoms with van der Waals surface area (Å²) >= 11 is 5.93. The number of rotatable bonds is 5. The Bertz CT molecular complexity index is 974. The molecule has 27 heavy (non-hydrogen) atoms. The van der Waals surface area contributed by atoms with Gasteiger partial charge in [0, 0.05) is 22.6 Å². The van der Waals surface area contributed by atoms with Crippen LogP contribution in [0.2, 0.25) is 5.02 Å². The van der Waals surface area contributed by atoms with Crippen LogP contribution >= 0.6 is 11.6 Å². The van der Waals surface area contributed by atoms with Crippen molar-refractivity contribution in [3.8, 4) is 0 Å². The molecule has 6 nitrogen and oxygen atoms in total. The average Bonchev–Trinajstić information content (AvgIpc) is 2.68. The van der Waals surface area contributed by atoms with Gasteiger partial charge in [0.25, 0.3) is 5.91 Å². The highest BCUT2D eigenvalue weighted by Crippen LogP contribution is 2.19. The third kappa shape index (κ3) is 4.83. The molecule has 0 radical (unpaired) electrons. The van der Waals surface area contributed by atoms with E-state index in [1.165, 1.54) is 13.3 Å². The van der Waals surface area contributed by atoms with Crippen molar-refractivity contribution in [1.29, 1.82) is 0 Å². The molecule has 0 saturated heterocycles. The maximum absolute atomic E-state index is 12.4. The number of anilines is 3. The number of aromatic nitrogens is 1. The van der Waals surface area contributed by atoms with Crippen molar-refractivity contribution < 1.29 is 14.3 Å². The van der Waals surface area contributed by atoms with Crippen molar-refractivity contribution in [1.82, 2.24) is 4.98 Å². The Morgan fingerprint density at radius 2 is 1.70 bits per heavy atom. The van der Waals surface area contributed by atoms with E-state index < -0.39 is 5.97 Å². The molecule has 7 heteroatoms. The van der Waals surface area contributed by atoms with Gasteiger partial charge in [0.2, 0.25) is 0 Å². The van der Waals surface area contributed by atoms with Crippen molar-refractivity contribution in [3.63, 3.8) is 0 Å². The number of hydrogen-bond donors (Lipinski definition) is 2. The number of pyridine rings is 1. The zero-order valence-corrected chi connectivity index (χ0v) is 15.2. The van der Waals surface area contributed by atoms with Crippen molar-refractivity contribution in [2.45, 2.75) is 0 Å². The Kier molecular flexibility index (Phi) is 5.68. The van der Waals surface area contributed by atoms with Crippen LogP contribution in [0.5, 0.6) is 0 Å². The smallest absolute Gasteiger partial charge is 0.337 e. The van der Waals surface area contributed by atoms with Gasteiger partial charge in [-0.15, -0.1) is 0 Å². The van der Waals surface area contributed by atoms with E-state index in [2.05, 4.69) is 20.4 Å². The number of carbonyl (C=O) groups excluding carboxylic acids is 2. The van der Waals surface area contributed by atoms with Crippen LogP contribution in [0.3, 0.4) is 0 Å². The second kappa shape index (κ2) is 8.33. The maximum atomic E-state index is 12.4. The SMILES string of the molecule is COC(=O)c1ccc(Nc2cncc(C(=O)Nc3cccc(Cl)c3)c2)cc1. The van der Waals surface area contributed by atoms with Gasteiger partial charge in [0.05, 0.1) is 30.1 Å². The molecule has 0 saturated carbocycles. The van der Waals surface area contributed by atoms with Gasteiger partial charge in [-0.25, -0.2) is 4.79 Å². The number of nitrogens with zero attached hydrogens (tertiary/aromatic N) is 1. The summed E-state index contributed by atoms with van der Waals surface area (Å²) in [4.78, 5) is 28.0. The monoisotopic (exact) mass is 381 g/mol. The van der Waals surface area contributed by atoms with Crippen molar-refractivity contribution in [3.05, 3.63) is 83.1 Å². The van der Waals surface area contributed by atoms with Crippen molar-refractivity contribution in [2.75, 3.05) is 17.7 Å². The lowest BCUT2D eigenvalue weighted by Crippen LogP contribution is -2.12. The lowest BCUT2D eigenvalue weighted by Gasteiger charge is -2.09. The summed E-state index contributed by atoms with van der Waals surface area (Å²) in [5.41, 5.74) is 2.84. The molecule has 0 atom stereocenters. The molecule has 1 aromatic heterocycles. The summed E-state index contributed by atoms with van der Waals surface area (Å²) in [5.74, 6) is -0.697. The number of halogens is 1. The van der Waals surface area contributed by atoms with Crippen LogP contribution < -0.4 is 10.6 Å². The zero-order valence-electron chi connectivity index (χ0n) is 14.4. The fourth-order valence-corrected chi connectivity index (χ4v) is 2.57. The third-order valence-corrected chi connectivity index (χ3v) is 3.91. The minimum Gasteiger partial charge on any atom is -0.465 e. The predicted molar refractivity (Wildman–Crippen MR) is 105 cm³/mol. The highest BCUT2D eigenvalue weighted by atomic mass is 35.5. The molecule has 0 fully saturated rings. The first-order chi connectivity index (χ1) is 13.0. The lowest BCUT2D eigenvalue weighted by atomic mass is 10.2. The van der Waals surface area contributed by atoms with Gasteiger partial charge in [-0.1, -0.05) is 17.7 Å². The molecule has 0 aliphatic rings. The highest BCUT2D eigenvalue weighted by molar-refractivity contribution is 6.31. The number of benzene rings is 2. The standard InChI is InChI=1S/C20H16ClN3O3/c1-27-20(26)13-5-7-16(8-6-13)23-18-9-14(11-22-12-18)19(25)24-17-4-2-3-15(21)10-17/h2-12,23H,1H3,(H,24,25).